The molecule has 1 saturated heterocycles. The van der Waals surface area contributed by atoms with E-state index in [1.54, 1.807) is 23.1 Å². The Morgan fingerprint density at radius 2 is 1.71 bits per heavy atom. The molecule has 1 amide bonds. The number of carbonyl (C=O) groups excluding carboxylic acids is 1. The zero-order valence-corrected chi connectivity index (χ0v) is 30.1. The van der Waals surface area contributed by atoms with Crippen LogP contribution in [0.25, 0.3) is 11.3 Å². The first-order valence-electron chi connectivity index (χ1n) is 16.7. The van der Waals surface area contributed by atoms with Crippen molar-refractivity contribution in [3.8, 4) is 17.1 Å². The Kier molecular flexibility index (Phi) is 9.12. The van der Waals surface area contributed by atoms with E-state index in [9.17, 15) is 13.2 Å². The van der Waals surface area contributed by atoms with Crippen molar-refractivity contribution in [3.05, 3.63) is 83.0 Å². The number of rotatable bonds is 5. The first kappa shape index (κ1) is 34.3. The summed E-state index contributed by atoms with van der Waals surface area (Å²) in [6.07, 6.45) is 1.67. The zero-order valence-electron chi connectivity index (χ0n) is 29.3. The van der Waals surface area contributed by atoms with Crippen molar-refractivity contribution in [2.24, 2.45) is 10.8 Å². The van der Waals surface area contributed by atoms with Gasteiger partial charge in [0.2, 0.25) is 11.8 Å². The number of nitrogens with zero attached hydrogens (tertiary/aromatic N) is 6. The maximum atomic E-state index is 14.4. The molecule has 4 aromatic rings. The van der Waals surface area contributed by atoms with Crippen LogP contribution in [0.4, 0.5) is 11.8 Å². The number of hydrogen-bond acceptors (Lipinski definition) is 9. The average Bonchev–Trinajstić information content (AvgIpc) is 3.40. The van der Waals surface area contributed by atoms with Crippen molar-refractivity contribution >= 4 is 27.7 Å². The molecule has 1 N–H and O–H groups in total. The van der Waals surface area contributed by atoms with Crippen molar-refractivity contribution in [1.29, 1.82) is 0 Å². The number of nitrogens with one attached hydrogen (secondary N) is 1. The van der Waals surface area contributed by atoms with E-state index in [0.29, 0.717) is 17.8 Å². The summed E-state index contributed by atoms with van der Waals surface area (Å²) in [5, 5.41) is 9.11. The van der Waals surface area contributed by atoms with Gasteiger partial charge in [0, 0.05) is 30.3 Å². The lowest BCUT2D eigenvalue weighted by molar-refractivity contribution is 0.0508. The van der Waals surface area contributed by atoms with Gasteiger partial charge in [0.15, 0.2) is 5.82 Å². The van der Waals surface area contributed by atoms with E-state index in [4.69, 9.17) is 4.74 Å². The Bertz CT molecular complexity index is 1950. The molecule has 0 aliphatic carbocycles. The standard InChI is InChI=1S/C37H45N7O4S/c1-24-10-8-11-25(2)33(24)30-19-32-39-35(38-30)42-49(46,47)29-13-9-12-26(18-29)34(45)44(28(22-48-32)20-36(3,4)5)21-27-14-15-31(41-40-27)43-17-16-37(6,7)23-43/h8-15,18-19,28H,16-17,20-23H2,1-7H3,(H,38,39,42)/t28-/m1/s1. The van der Waals surface area contributed by atoms with Crippen LogP contribution in [0, 0.1) is 24.7 Å². The molecule has 1 fully saturated rings. The van der Waals surface area contributed by atoms with Gasteiger partial charge in [-0.25, -0.2) is 18.1 Å². The van der Waals surface area contributed by atoms with Crippen molar-refractivity contribution in [2.75, 3.05) is 29.3 Å². The maximum Gasteiger partial charge on any atom is 0.264 e. The van der Waals surface area contributed by atoms with Gasteiger partial charge >= 0.3 is 0 Å². The number of ether oxygens (including phenoxy) is 1. The molecule has 1 atom stereocenters. The number of benzene rings is 2. The molecule has 2 aromatic carbocycles. The van der Waals surface area contributed by atoms with Crippen LogP contribution in [0.15, 0.2) is 65.6 Å². The van der Waals surface area contributed by atoms with Crippen LogP contribution in [0.1, 0.15) is 74.6 Å². The summed E-state index contributed by atoms with van der Waals surface area (Å²) in [4.78, 5) is 27.4. The number of aryl methyl sites for hydroxylation is 2. The van der Waals surface area contributed by atoms with Crippen LogP contribution in [-0.2, 0) is 16.6 Å². The van der Waals surface area contributed by atoms with E-state index in [0.717, 1.165) is 42.0 Å². The summed E-state index contributed by atoms with van der Waals surface area (Å²) in [7, 11) is -4.17. The molecule has 4 bridgehead atoms. The first-order chi connectivity index (χ1) is 23.1. The highest BCUT2D eigenvalue weighted by Crippen LogP contribution is 2.33. The molecule has 12 heteroatoms. The van der Waals surface area contributed by atoms with Crippen molar-refractivity contribution in [1.82, 2.24) is 25.1 Å². The molecule has 0 saturated carbocycles. The van der Waals surface area contributed by atoms with Crippen LogP contribution in [0.5, 0.6) is 5.88 Å². The number of carbonyl (C=O) groups is 1. The Labute approximate surface area is 289 Å². The molecule has 49 heavy (non-hydrogen) atoms. The minimum atomic E-state index is -4.17. The molecule has 4 heterocycles. The number of aromatic nitrogens is 4. The van der Waals surface area contributed by atoms with Gasteiger partial charge < -0.3 is 14.5 Å². The van der Waals surface area contributed by atoms with Crippen LogP contribution in [0.3, 0.4) is 0 Å². The molecule has 2 aromatic heterocycles. The van der Waals surface area contributed by atoms with Gasteiger partial charge in [-0.3, -0.25) is 4.79 Å². The average molecular weight is 684 g/mol. The number of anilines is 2. The Morgan fingerprint density at radius 1 is 0.980 bits per heavy atom. The highest BCUT2D eigenvalue weighted by molar-refractivity contribution is 7.92. The first-order valence-corrected chi connectivity index (χ1v) is 18.2. The van der Waals surface area contributed by atoms with Gasteiger partial charge in [0.25, 0.3) is 15.9 Å². The van der Waals surface area contributed by atoms with Gasteiger partial charge in [-0.05, 0) is 79.0 Å². The summed E-state index contributed by atoms with van der Waals surface area (Å²) in [5.41, 5.74) is 4.22. The third kappa shape index (κ3) is 7.85. The van der Waals surface area contributed by atoms with Crippen molar-refractivity contribution in [2.45, 2.75) is 78.8 Å². The van der Waals surface area contributed by atoms with E-state index in [1.165, 1.54) is 12.1 Å². The molecular formula is C37H45N7O4S. The van der Waals surface area contributed by atoms with Gasteiger partial charge in [0.05, 0.1) is 28.9 Å². The molecule has 258 valence electrons. The molecule has 0 spiro atoms. The number of sulfonamides is 1. The fourth-order valence-corrected chi connectivity index (χ4v) is 7.62. The van der Waals surface area contributed by atoms with Gasteiger partial charge in [-0.15, -0.1) is 5.10 Å². The number of fused-ring (bicyclic) bond motifs is 4. The molecular weight excluding hydrogens is 639 g/mol. The topological polar surface area (TPSA) is 131 Å². The summed E-state index contributed by atoms with van der Waals surface area (Å²) in [6.45, 7) is 16.9. The van der Waals surface area contributed by atoms with Crippen molar-refractivity contribution in [3.63, 3.8) is 0 Å². The summed E-state index contributed by atoms with van der Waals surface area (Å²) in [6, 6.07) is 17.1. The van der Waals surface area contributed by atoms with E-state index < -0.39 is 16.1 Å². The van der Waals surface area contributed by atoms with Gasteiger partial charge in [0.1, 0.15) is 6.61 Å². The highest BCUT2D eigenvalue weighted by Gasteiger charge is 2.33. The molecule has 2 aliphatic heterocycles. The molecule has 11 nitrogen and oxygen atoms in total. The van der Waals surface area contributed by atoms with E-state index in [2.05, 4.69) is 64.4 Å². The molecule has 2 aliphatic rings. The third-order valence-electron chi connectivity index (χ3n) is 9.07. The molecule has 6 rings (SSSR count). The Balaban J connectivity index is 1.43. The van der Waals surface area contributed by atoms with Crippen molar-refractivity contribution < 1.29 is 17.9 Å². The van der Waals surface area contributed by atoms with Crippen LogP contribution < -0.4 is 14.4 Å². The fourth-order valence-electron chi connectivity index (χ4n) is 6.63. The summed E-state index contributed by atoms with van der Waals surface area (Å²) < 4.78 is 36.3. The second-order valence-corrected chi connectivity index (χ2v) is 16.9. The number of amides is 1. The monoisotopic (exact) mass is 683 g/mol. The minimum Gasteiger partial charge on any atom is -0.475 e. The lowest BCUT2D eigenvalue weighted by atomic mass is 9.87. The second-order valence-electron chi connectivity index (χ2n) is 15.2. The Hall–Kier alpha value is -4.58. The normalized spacial score (nSPS) is 18.9. The van der Waals surface area contributed by atoms with Gasteiger partial charge in [-0.1, -0.05) is 58.9 Å². The quantitative estimate of drug-likeness (QED) is 0.253. The van der Waals surface area contributed by atoms with E-state index >= 15 is 0 Å². The largest absolute Gasteiger partial charge is 0.475 e. The Morgan fingerprint density at radius 3 is 2.37 bits per heavy atom. The van der Waals surface area contributed by atoms with Crippen LogP contribution in [-0.4, -0.2) is 65.1 Å². The lowest BCUT2D eigenvalue weighted by Gasteiger charge is -2.35. The zero-order chi connectivity index (χ0) is 35.1. The van der Waals surface area contributed by atoms with Gasteiger partial charge in [-0.2, -0.15) is 10.1 Å². The fraction of sp³-hybridized carbons (Fsp3) is 0.432. The van der Waals surface area contributed by atoms with E-state index in [1.807, 2.05) is 44.2 Å². The third-order valence-corrected chi connectivity index (χ3v) is 10.4. The predicted molar refractivity (Wildman–Crippen MR) is 190 cm³/mol. The van der Waals surface area contributed by atoms with Crippen LogP contribution in [0.2, 0.25) is 0 Å². The minimum absolute atomic E-state index is 0.0776. The smallest absolute Gasteiger partial charge is 0.264 e. The van der Waals surface area contributed by atoms with Crippen LogP contribution >= 0.6 is 0 Å². The molecule has 0 unspecified atom stereocenters. The highest BCUT2D eigenvalue weighted by atomic mass is 32.2. The predicted octanol–water partition coefficient (Wildman–Crippen LogP) is 6.43. The summed E-state index contributed by atoms with van der Waals surface area (Å²) >= 11 is 0. The SMILES string of the molecule is Cc1cccc(C)c1-c1cc2nc(n1)NS(=O)(=O)c1cccc(c1)C(=O)N(Cc1ccc(N3CCC(C)(C)C3)nn1)[C@H](CC(C)(C)C)CO2. The summed E-state index contributed by atoms with van der Waals surface area (Å²) in [5.74, 6) is 0.549. The maximum absolute atomic E-state index is 14.4. The van der Waals surface area contributed by atoms with E-state index in [-0.39, 0.29) is 52.2 Å². The lowest BCUT2D eigenvalue weighted by Crippen LogP contribution is -2.45. The second kappa shape index (κ2) is 13.0. The molecule has 0 radical (unpaired) electrons. The number of hydrogen-bond donors (Lipinski definition) is 1.